The molecule has 0 spiro atoms. The van der Waals surface area contributed by atoms with Crippen molar-refractivity contribution in [2.45, 2.75) is 4.90 Å². The van der Waals surface area contributed by atoms with Gasteiger partial charge in [-0.15, -0.1) is 0 Å². The van der Waals surface area contributed by atoms with Gasteiger partial charge in [-0.25, -0.2) is 13.3 Å². The average molecular weight is 400 g/mol. The Hall–Kier alpha value is -2.88. The zero-order valence-electron chi connectivity index (χ0n) is 14.7. The molecule has 0 saturated carbocycles. The molecule has 2 aliphatic heterocycles. The van der Waals surface area contributed by atoms with Gasteiger partial charge >= 0.3 is 0 Å². The fourth-order valence-electron chi connectivity index (χ4n) is 3.21. The first-order valence-corrected chi connectivity index (χ1v) is 10.1. The molecule has 0 N–H and O–H groups in total. The van der Waals surface area contributed by atoms with Crippen molar-refractivity contribution >= 4 is 27.7 Å². The predicted molar refractivity (Wildman–Crippen MR) is 97.3 cm³/mol. The maximum Gasteiger partial charge on any atom is 0.268 e. The Labute approximate surface area is 161 Å². The molecule has 0 aromatic heterocycles. The van der Waals surface area contributed by atoms with Crippen LogP contribution in [-0.4, -0.2) is 61.6 Å². The molecular weight excluding hydrogens is 384 g/mol. The molecule has 0 radical (unpaired) electrons. The van der Waals surface area contributed by atoms with Crippen LogP contribution in [0.5, 0.6) is 0 Å². The van der Waals surface area contributed by atoms with Crippen LogP contribution >= 0.6 is 0 Å². The average Bonchev–Trinajstić information content (AvgIpc) is 2.99. The van der Waals surface area contributed by atoms with E-state index >= 15 is 0 Å². The molecule has 1 saturated heterocycles. The summed E-state index contributed by atoms with van der Waals surface area (Å²) < 4.78 is 31.8. The Morgan fingerprint density at radius 3 is 1.93 bits per heavy atom. The Bertz CT molecular complexity index is 1040. The minimum Gasteiger partial charge on any atom is -0.379 e. The molecule has 9 heteroatoms. The lowest BCUT2D eigenvalue weighted by atomic mass is 10.1. The zero-order valence-corrected chi connectivity index (χ0v) is 15.5. The summed E-state index contributed by atoms with van der Waals surface area (Å²) in [4.78, 5) is 38.2. The molecule has 0 atom stereocenters. The van der Waals surface area contributed by atoms with E-state index in [1.807, 2.05) is 0 Å². The van der Waals surface area contributed by atoms with Crippen LogP contribution in [0.1, 0.15) is 31.1 Å². The number of amides is 3. The highest BCUT2D eigenvalue weighted by Gasteiger charge is 2.40. The Kier molecular flexibility index (Phi) is 4.58. The summed E-state index contributed by atoms with van der Waals surface area (Å²) in [5.41, 5.74) is 0.398. The lowest BCUT2D eigenvalue weighted by Crippen LogP contribution is -2.40. The van der Waals surface area contributed by atoms with E-state index in [1.165, 1.54) is 40.7 Å². The third kappa shape index (κ3) is 2.93. The predicted octanol–water partition coefficient (Wildman–Crippen LogP) is 1.14. The summed E-state index contributed by atoms with van der Waals surface area (Å²) in [5.74, 6) is -2.16. The number of hydrogen-bond acceptors (Lipinski definition) is 6. The van der Waals surface area contributed by atoms with Gasteiger partial charge in [0.1, 0.15) is 0 Å². The molecule has 2 aliphatic rings. The van der Waals surface area contributed by atoms with Gasteiger partial charge in [0.25, 0.3) is 17.7 Å². The first-order chi connectivity index (χ1) is 13.4. The maximum atomic E-state index is 12.7. The van der Waals surface area contributed by atoms with E-state index in [2.05, 4.69) is 0 Å². The van der Waals surface area contributed by atoms with Crippen LogP contribution < -0.4 is 0 Å². The van der Waals surface area contributed by atoms with Gasteiger partial charge in [0.15, 0.2) is 0 Å². The van der Waals surface area contributed by atoms with E-state index in [1.54, 1.807) is 12.1 Å². The Balaban J connectivity index is 1.59. The fourth-order valence-corrected chi connectivity index (χ4v) is 4.62. The number of nitrogens with zero attached hydrogens (tertiary/aromatic N) is 2. The quantitative estimate of drug-likeness (QED) is 0.717. The van der Waals surface area contributed by atoms with Crippen molar-refractivity contribution in [1.29, 1.82) is 0 Å². The van der Waals surface area contributed by atoms with Crippen LogP contribution in [0, 0.1) is 0 Å². The van der Waals surface area contributed by atoms with E-state index in [4.69, 9.17) is 4.74 Å². The molecular formula is C19H16N2O6S. The summed E-state index contributed by atoms with van der Waals surface area (Å²) in [6.45, 7) is 1.18. The molecule has 0 bridgehead atoms. The molecule has 28 heavy (non-hydrogen) atoms. The van der Waals surface area contributed by atoms with E-state index in [-0.39, 0.29) is 34.7 Å². The number of benzene rings is 2. The molecule has 1 fully saturated rings. The second kappa shape index (κ2) is 6.93. The van der Waals surface area contributed by atoms with Crippen molar-refractivity contribution in [3.8, 4) is 0 Å². The molecule has 3 amide bonds. The molecule has 0 aliphatic carbocycles. The minimum absolute atomic E-state index is 0.0355. The largest absolute Gasteiger partial charge is 0.379 e. The maximum absolute atomic E-state index is 12.7. The van der Waals surface area contributed by atoms with Crippen LogP contribution in [0.15, 0.2) is 53.4 Å². The zero-order chi connectivity index (χ0) is 19.9. The number of ether oxygens (including phenoxy) is 1. The Morgan fingerprint density at radius 2 is 1.39 bits per heavy atom. The highest BCUT2D eigenvalue weighted by molar-refractivity contribution is 7.89. The van der Waals surface area contributed by atoms with Gasteiger partial charge in [-0.1, -0.05) is 12.1 Å². The second-order valence-electron chi connectivity index (χ2n) is 6.34. The van der Waals surface area contributed by atoms with Crippen molar-refractivity contribution in [2.24, 2.45) is 0 Å². The number of morpholine rings is 1. The van der Waals surface area contributed by atoms with Crippen LogP contribution in [0.4, 0.5) is 0 Å². The van der Waals surface area contributed by atoms with Crippen molar-refractivity contribution in [2.75, 3.05) is 26.3 Å². The smallest absolute Gasteiger partial charge is 0.268 e. The van der Waals surface area contributed by atoms with Crippen LogP contribution in [0.3, 0.4) is 0 Å². The first-order valence-electron chi connectivity index (χ1n) is 8.61. The summed E-state index contributed by atoms with van der Waals surface area (Å²) in [5, 5.41) is 0. The third-order valence-corrected chi connectivity index (χ3v) is 6.62. The second-order valence-corrected chi connectivity index (χ2v) is 8.28. The van der Waals surface area contributed by atoms with Gasteiger partial charge in [0, 0.05) is 18.7 Å². The number of sulfonamides is 1. The van der Waals surface area contributed by atoms with Crippen molar-refractivity contribution < 1.29 is 27.5 Å². The number of fused-ring (bicyclic) bond motifs is 1. The summed E-state index contributed by atoms with van der Waals surface area (Å²) in [7, 11) is -3.69. The number of hydrogen-bond donors (Lipinski definition) is 0. The Morgan fingerprint density at radius 1 is 0.857 bits per heavy atom. The van der Waals surface area contributed by atoms with Crippen LogP contribution in [0.25, 0.3) is 0 Å². The number of carbonyl (C=O) groups excluding carboxylic acids is 3. The van der Waals surface area contributed by atoms with E-state index < -0.39 is 27.7 Å². The number of imide groups is 3. The van der Waals surface area contributed by atoms with Gasteiger partial charge in [0.2, 0.25) is 10.0 Å². The van der Waals surface area contributed by atoms with E-state index in [9.17, 15) is 22.8 Å². The minimum atomic E-state index is -3.69. The van der Waals surface area contributed by atoms with E-state index in [0.717, 1.165) is 0 Å². The fraction of sp³-hybridized carbons (Fsp3) is 0.211. The first kappa shape index (κ1) is 18.5. The van der Waals surface area contributed by atoms with Crippen molar-refractivity contribution in [1.82, 2.24) is 9.21 Å². The standard InChI is InChI=1S/C19H16N2O6S/c22-17(21-18(23)15-3-1-2-4-16(15)19(21)24)13-5-7-14(8-6-13)28(25,26)20-9-11-27-12-10-20/h1-8H,9-12H2. The third-order valence-electron chi connectivity index (χ3n) is 4.71. The summed E-state index contributed by atoms with van der Waals surface area (Å²) >= 11 is 0. The van der Waals surface area contributed by atoms with Crippen LogP contribution in [-0.2, 0) is 14.8 Å². The highest BCUT2D eigenvalue weighted by atomic mass is 32.2. The number of rotatable bonds is 3. The van der Waals surface area contributed by atoms with Gasteiger partial charge in [0.05, 0.1) is 29.2 Å². The van der Waals surface area contributed by atoms with Crippen molar-refractivity contribution in [3.05, 3.63) is 65.2 Å². The van der Waals surface area contributed by atoms with E-state index in [0.29, 0.717) is 18.1 Å². The van der Waals surface area contributed by atoms with Crippen molar-refractivity contribution in [3.63, 3.8) is 0 Å². The highest BCUT2D eigenvalue weighted by Crippen LogP contribution is 2.25. The molecule has 2 aromatic carbocycles. The normalized spacial score (nSPS) is 17.6. The molecule has 8 nitrogen and oxygen atoms in total. The van der Waals surface area contributed by atoms with Gasteiger partial charge in [-0.3, -0.25) is 14.4 Å². The monoisotopic (exact) mass is 400 g/mol. The SMILES string of the molecule is O=C(c1ccc(S(=O)(=O)N2CCOCC2)cc1)N1C(=O)c2ccccc2C1=O. The lowest BCUT2D eigenvalue weighted by molar-refractivity contribution is 0.0566. The molecule has 2 heterocycles. The van der Waals surface area contributed by atoms with Gasteiger partial charge in [-0.2, -0.15) is 4.31 Å². The summed E-state index contributed by atoms with van der Waals surface area (Å²) in [6, 6.07) is 11.4. The molecule has 2 aromatic rings. The van der Waals surface area contributed by atoms with Crippen LogP contribution in [0.2, 0.25) is 0 Å². The van der Waals surface area contributed by atoms with Gasteiger partial charge in [-0.05, 0) is 36.4 Å². The molecule has 4 rings (SSSR count). The molecule has 0 unspecified atom stereocenters. The topological polar surface area (TPSA) is 101 Å². The lowest BCUT2D eigenvalue weighted by Gasteiger charge is -2.26. The molecule has 144 valence electrons. The van der Waals surface area contributed by atoms with Gasteiger partial charge < -0.3 is 4.74 Å². The number of carbonyl (C=O) groups is 3. The summed E-state index contributed by atoms with van der Waals surface area (Å²) in [6.07, 6.45) is 0.